The molecule has 0 saturated carbocycles. The molecule has 0 aliphatic heterocycles. The first-order valence-corrected chi connectivity index (χ1v) is 9.09. The summed E-state index contributed by atoms with van der Waals surface area (Å²) >= 11 is 0. The summed E-state index contributed by atoms with van der Waals surface area (Å²) < 4.78 is 11.0. The minimum absolute atomic E-state index is 0.0554. The lowest BCUT2D eigenvalue weighted by molar-refractivity contribution is -0.115. The molecule has 2 amide bonds. The highest BCUT2D eigenvalue weighted by atomic mass is 16.5. The molecule has 0 heterocycles. The quantitative estimate of drug-likeness (QED) is 0.638. The fourth-order valence-corrected chi connectivity index (χ4v) is 2.34. The van der Waals surface area contributed by atoms with Gasteiger partial charge in [-0.25, -0.2) is 0 Å². The van der Waals surface area contributed by atoms with E-state index in [9.17, 15) is 9.59 Å². The van der Waals surface area contributed by atoms with Gasteiger partial charge >= 0.3 is 0 Å². The minimum atomic E-state index is -0.251. The van der Waals surface area contributed by atoms with Crippen molar-refractivity contribution in [2.75, 3.05) is 24.4 Å². The molecule has 0 atom stereocenters. The van der Waals surface area contributed by atoms with Crippen LogP contribution in [0.2, 0.25) is 0 Å². The zero-order valence-corrected chi connectivity index (χ0v) is 16.0. The molecule has 0 aliphatic rings. The van der Waals surface area contributed by atoms with Crippen LogP contribution in [0.25, 0.3) is 0 Å². The monoisotopic (exact) mass is 370 g/mol. The summed E-state index contributed by atoms with van der Waals surface area (Å²) in [5.74, 6) is 0.841. The Morgan fingerprint density at radius 3 is 2.19 bits per heavy atom. The van der Waals surface area contributed by atoms with Crippen molar-refractivity contribution in [3.05, 3.63) is 48.0 Å². The number of rotatable bonds is 9. The Kier molecular flexibility index (Phi) is 7.67. The van der Waals surface area contributed by atoms with Crippen LogP contribution < -0.4 is 20.1 Å². The number of carbonyl (C=O) groups is 2. The molecule has 0 fully saturated rings. The first kappa shape index (κ1) is 20.3. The summed E-state index contributed by atoms with van der Waals surface area (Å²) in [5.41, 5.74) is 1.80. The Hall–Kier alpha value is -3.02. The van der Waals surface area contributed by atoms with Crippen LogP contribution in [-0.2, 0) is 4.79 Å². The second-order valence-electron chi connectivity index (χ2n) is 6.00. The van der Waals surface area contributed by atoms with Crippen molar-refractivity contribution in [2.45, 2.75) is 33.1 Å². The maximum Gasteiger partial charge on any atom is 0.255 e. The first-order chi connectivity index (χ1) is 13.1. The third-order valence-electron chi connectivity index (χ3n) is 3.93. The zero-order valence-electron chi connectivity index (χ0n) is 16.0. The predicted molar refractivity (Wildman–Crippen MR) is 107 cm³/mol. The fraction of sp³-hybridized carbons (Fsp3) is 0.333. The van der Waals surface area contributed by atoms with Gasteiger partial charge < -0.3 is 20.1 Å². The van der Waals surface area contributed by atoms with Crippen LogP contribution in [-0.4, -0.2) is 25.5 Å². The molecular weight excluding hydrogens is 344 g/mol. The lowest BCUT2D eigenvalue weighted by atomic mass is 10.1. The highest BCUT2D eigenvalue weighted by Crippen LogP contribution is 2.28. The number of amides is 2. The molecule has 6 nitrogen and oxygen atoms in total. The molecular formula is C21H26N2O4. The van der Waals surface area contributed by atoms with Crippen LogP contribution in [0.15, 0.2) is 42.5 Å². The molecule has 0 spiro atoms. The molecule has 0 saturated heterocycles. The van der Waals surface area contributed by atoms with Crippen molar-refractivity contribution in [2.24, 2.45) is 0 Å². The summed E-state index contributed by atoms with van der Waals surface area (Å²) in [6.45, 7) is 4.50. The zero-order chi connectivity index (χ0) is 19.6. The van der Waals surface area contributed by atoms with Gasteiger partial charge in [0, 0.05) is 23.4 Å². The molecule has 0 bridgehead atoms. The van der Waals surface area contributed by atoms with Gasteiger partial charge in [-0.15, -0.1) is 0 Å². The van der Waals surface area contributed by atoms with Crippen LogP contribution in [0.1, 0.15) is 43.5 Å². The summed E-state index contributed by atoms with van der Waals surface area (Å²) in [5, 5.41) is 5.59. The smallest absolute Gasteiger partial charge is 0.255 e. The maximum absolute atomic E-state index is 12.5. The molecule has 0 aromatic heterocycles. The van der Waals surface area contributed by atoms with E-state index >= 15 is 0 Å². The van der Waals surface area contributed by atoms with Gasteiger partial charge in [0.1, 0.15) is 0 Å². The Labute approximate surface area is 159 Å². The standard InChI is InChI=1S/C21H26N2O4/c1-4-6-13-27-18-12-7-15(14-19(18)26-3)21(25)23-17-10-8-16(9-11-17)22-20(24)5-2/h7-12,14H,4-6,13H2,1-3H3,(H,22,24)(H,23,25). The number of benzene rings is 2. The van der Waals surface area contributed by atoms with Crippen LogP contribution in [0.3, 0.4) is 0 Å². The lowest BCUT2D eigenvalue weighted by Crippen LogP contribution is -2.13. The van der Waals surface area contributed by atoms with E-state index in [2.05, 4.69) is 17.6 Å². The average Bonchev–Trinajstić information content (AvgIpc) is 2.69. The second kappa shape index (κ2) is 10.2. The van der Waals surface area contributed by atoms with Crippen molar-refractivity contribution < 1.29 is 19.1 Å². The van der Waals surface area contributed by atoms with E-state index in [1.54, 1.807) is 56.5 Å². The molecule has 6 heteroatoms. The summed E-state index contributed by atoms with van der Waals surface area (Å²) in [4.78, 5) is 23.9. The Morgan fingerprint density at radius 2 is 1.59 bits per heavy atom. The van der Waals surface area contributed by atoms with E-state index in [0.717, 1.165) is 12.8 Å². The summed E-state index contributed by atoms with van der Waals surface area (Å²) in [6.07, 6.45) is 2.42. The molecule has 27 heavy (non-hydrogen) atoms. The van der Waals surface area contributed by atoms with Crippen LogP contribution in [0, 0.1) is 0 Å². The van der Waals surface area contributed by atoms with E-state index < -0.39 is 0 Å². The summed E-state index contributed by atoms with van der Waals surface area (Å²) in [7, 11) is 1.55. The van der Waals surface area contributed by atoms with E-state index in [-0.39, 0.29) is 11.8 Å². The van der Waals surface area contributed by atoms with Crippen molar-refractivity contribution in [1.29, 1.82) is 0 Å². The SMILES string of the molecule is CCCCOc1ccc(C(=O)Nc2ccc(NC(=O)CC)cc2)cc1OC. The first-order valence-electron chi connectivity index (χ1n) is 9.09. The number of carbonyl (C=O) groups excluding carboxylic acids is 2. The number of unbranched alkanes of at least 4 members (excludes halogenated alkanes) is 1. The van der Waals surface area contributed by atoms with Crippen LogP contribution in [0.5, 0.6) is 11.5 Å². The van der Waals surface area contributed by atoms with Gasteiger partial charge in [0.15, 0.2) is 11.5 Å². The van der Waals surface area contributed by atoms with E-state index in [4.69, 9.17) is 9.47 Å². The van der Waals surface area contributed by atoms with E-state index in [0.29, 0.717) is 41.5 Å². The third kappa shape index (κ3) is 6.02. The van der Waals surface area contributed by atoms with Crippen molar-refractivity contribution in [1.82, 2.24) is 0 Å². The van der Waals surface area contributed by atoms with Gasteiger partial charge in [0.25, 0.3) is 5.91 Å². The fourth-order valence-electron chi connectivity index (χ4n) is 2.34. The normalized spacial score (nSPS) is 10.2. The van der Waals surface area contributed by atoms with E-state index in [1.165, 1.54) is 0 Å². The van der Waals surface area contributed by atoms with Crippen molar-refractivity contribution in [3.8, 4) is 11.5 Å². The molecule has 0 unspecified atom stereocenters. The number of anilines is 2. The molecule has 2 N–H and O–H groups in total. The highest BCUT2D eigenvalue weighted by Gasteiger charge is 2.12. The molecule has 144 valence electrons. The maximum atomic E-state index is 12.5. The number of ether oxygens (including phenoxy) is 2. The van der Waals surface area contributed by atoms with Crippen LogP contribution in [0.4, 0.5) is 11.4 Å². The molecule has 0 radical (unpaired) electrons. The number of hydrogen-bond acceptors (Lipinski definition) is 4. The second-order valence-corrected chi connectivity index (χ2v) is 6.00. The Balaban J connectivity index is 2.03. The van der Waals surface area contributed by atoms with Gasteiger partial charge in [-0.2, -0.15) is 0 Å². The molecule has 2 rings (SSSR count). The predicted octanol–water partition coefficient (Wildman–Crippen LogP) is 4.47. The largest absolute Gasteiger partial charge is 0.493 e. The minimum Gasteiger partial charge on any atom is -0.493 e. The highest BCUT2D eigenvalue weighted by molar-refractivity contribution is 6.04. The van der Waals surface area contributed by atoms with Crippen molar-refractivity contribution in [3.63, 3.8) is 0 Å². The van der Waals surface area contributed by atoms with Gasteiger partial charge in [-0.1, -0.05) is 20.3 Å². The molecule has 2 aromatic carbocycles. The van der Waals surface area contributed by atoms with Gasteiger partial charge in [0.05, 0.1) is 13.7 Å². The lowest BCUT2D eigenvalue weighted by Gasteiger charge is -2.12. The Bertz CT molecular complexity index is 772. The molecule has 0 aliphatic carbocycles. The Morgan fingerprint density at radius 1 is 0.926 bits per heavy atom. The topological polar surface area (TPSA) is 76.7 Å². The van der Waals surface area contributed by atoms with Gasteiger partial charge in [0.2, 0.25) is 5.91 Å². The van der Waals surface area contributed by atoms with E-state index in [1.807, 2.05) is 0 Å². The third-order valence-corrected chi connectivity index (χ3v) is 3.93. The number of methoxy groups -OCH3 is 1. The van der Waals surface area contributed by atoms with Crippen molar-refractivity contribution >= 4 is 23.2 Å². The number of hydrogen-bond donors (Lipinski definition) is 2. The van der Waals surface area contributed by atoms with Crippen LogP contribution >= 0.6 is 0 Å². The average molecular weight is 370 g/mol. The summed E-state index contributed by atoms with van der Waals surface area (Å²) in [6, 6.07) is 12.1. The van der Waals surface area contributed by atoms with Gasteiger partial charge in [-0.3, -0.25) is 9.59 Å². The number of nitrogens with one attached hydrogen (secondary N) is 2. The van der Waals surface area contributed by atoms with Gasteiger partial charge in [-0.05, 0) is 48.9 Å². The molecule has 2 aromatic rings.